The monoisotopic (exact) mass is 203 g/mol. The Labute approximate surface area is 87.5 Å². The Balaban J connectivity index is 2.40. The van der Waals surface area contributed by atoms with Crippen LogP contribution in [-0.2, 0) is 6.42 Å². The lowest BCUT2D eigenvalue weighted by atomic mass is 10.1. The van der Waals surface area contributed by atoms with Crippen LogP contribution in [0.15, 0.2) is 29.7 Å². The molecule has 1 heterocycles. The van der Waals surface area contributed by atoms with E-state index >= 15 is 0 Å². The number of hydrogen-bond donors (Lipinski definition) is 5. The fraction of sp³-hybridized carbons (Fsp3) is 0.100. The molecule has 0 saturated carbocycles. The SMILES string of the molecule is N=C(N)c1ccc2c(c1)NC(=C(N)N)C2. The maximum absolute atomic E-state index is 7.32. The Morgan fingerprint density at radius 1 is 1.27 bits per heavy atom. The number of amidine groups is 1. The number of fused-ring (bicyclic) bond motifs is 1. The van der Waals surface area contributed by atoms with Gasteiger partial charge in [0.15, 0.2) is 0 Å². The Hall–Kier alpha value is -2.17. The standard InChI is InChI=1S/C10H13N5/c11-9(12)6-2-1-5-3-8(10(13)14)15-7(5)4-6/h1-2,4,15H,3,13-14H2,(H3,11,12). The van der Waals surface area contributed by atoms with Gasteiger partial charge in [0.1, 0.15) is 11.7 Å². The van der Waals surface area contributed by atoms with Crippen molar-refractivity contribution in [2.75, 3.05) is 5.32 Å². The van der Waals surface area contributed by atoms with Gasteiger partial charge in [-0.1, -0.05) is 12.1 Å². The van der Waals surface area contributed by atoms with Crippen molar-refractivity contribution >= 4 is 11.5 Å². The first-order chi connectivity index (χ1) is 7.08. The van der Waals surface area contributed by atoms with Gasteiger partial charge in [0.2, 0.25) is 0 Å². The number of nitrogens with one attached hydrogen (secondary N) is 2. The van der Waals surface area contributed by atoms with Crippen molar-refractivity contribution in [1.29, 1.82) is 5.41 Å². The van der Waals surface area contributed by atoms with E-state index in [0.29, 0.717) is 17.8 Å². The minimum absolute atomic E-state index is 0.0535. The first-order valence-corrected chi connectivity index (χ1v) is 4.56. The van der Waals surface area contributed by atoms with Crippen LogP contribution in [-0.4, -0.2) is 5.84 Å². The molecule has 5 heteroatoms. The number of anilines is 1. The van der Waals surface area contributed by atoms with Crippen LogP contribution in [0.4, 0.5) is 5.69 Å². The second-order valence-corrected chi connectivity index (χ2v) is 3.52. The van der Waals surface area contributed by atoms with Gasteiger partial charge >= 0.3 is 0 Å². The maximum Gasteiger partial charge on any atom is 0.122 e. The van der Waals surface area contributed by atoms with Gasteiger partial charge in [-0.25, -0.2) is 0 Å². The Bertz CT molecular complexity index is 457. The molecule has 1 aliphatic heterocycles. The third-order valence-electron chi connectivity index (χ3n) is 2.42. The molecule has 0 radical (unpaired) electrons. The van der Waals surface area contributed by atoms with Gasteiger partial charge in [0.25, 0.3) is 0 Å². The molecule has 0 atom stereocenters. The molecule has 0 unspecified atom stereocenters. The van der Waals surface area contributed by atoms with E-state index in [1.165, 1.54) is 0 Å². The summed E-state index contributed by atoms with van der Waals surface area (Å²) in [5, 5.41) is 10.4. The quantitative estimate of drug-likeness (QED) is 0.327. The molecule has 0 saturated heterocycles. The fourth-order valence-corrected chi connectivity index (χ4v) is 1.59. The molecule has 0 amide bonds. The van der Waals surface area contributed by atoms with Crippen molar-refractivity contribution in [2.45, 2.75) is 6.42 Å². The fourth-order valence-electron chi connectivity index (χ4n) is 1.59. The molecule has 78 valence electrons. The van der Waals surface area contributed by atoms with Gasteiger partial charge in [-0.2, -0.15) is 0 Å². The number of nitrogen functional groups attached to an aromatic ring is 1. The van der Waals surface area contributed by atoms with Gasteiger partial charge in [-0.3, -0.25) is 5.41 Å². The molecule has 0 spiro atoms. The topological polar surface area (TPSA) is 114 Å². The van der Waals surface area contributed by atoms with E-state index in [-0.39, 0.29) is 5.84 Å². The molecule has 1 aromatic carbocycles. The molecule has 15 heavy (non-hydrogen) atoms. The molecule has 5 nitrogen and oxygen atoms in total. The lowest BCUT2D eigenvalue weighted by Crippen LogP contribution is -2.15. The average molecular weight is 203 g/mol. The highest BCUT2D eigenvalue weighted by molar-refractivity contribution is 5.96. The highest BCUT2D eigenvalue weighted by Gasteiger charge is 2.17. The zero-order chi connectivity index (χ0) is 11.0. The average Bonchev–Trinajstić information content (AvgIpc) is 2.59. The Morgan fingerprint density at radius 2 is 2.00 bits per heavy atom. The van der Waals surface area contributed by atoms with E-state index in [4.69, 9.17) is 22.6 Å². The van der Waals surface area contributed by atoms with Gasteiger partial charge in [0.05, 0.1) is 5.70 Å². The maximum atomic E-state index is 7.32. The molecule has 0 bridgehead atoms. The second kappa shape index (κ2) is 3.20. The summed E-state index contributed by atoms with van der Waals surface area (Å²) in [5.74, 6) is 0.355. The summed E-state index contributed by atoms with van der Waals surface area (Å²) in [6.45, 7) is 0. The predicted molar refractivity (Wildman–Crippen MR) is 60.2 cm³/mol. The zero-order valence-electron chi connectivity index (χ0n) is 8.17. The molecule has 1 aliphatic rings. The molecule has 0 aliphatic carbocycles. The van der Waals surface area contributed by atoms with Crippen molar-refractivity contribution in [2.24, 2.45) is 17.2 Å². The summed E-state index contributed by atoms with van der Waals surface area (Å²) in [4.78, 5) is 0. The van der Waals surface area contributed by atoms with Crippen molar-refractivity contribution in [1.82, 2.24) is 0 Å². The van der Waals surface area contributed by atoms with Crippen LogP contribution in [0.25, 0.3) is 0 Å². The lowest BCUT2D eigenvalue weighted by molar-refractivity contribution is 1.11. The minimum atomic E-state index is 0.0535. The van der Waals surface area contributed by atoms with Crippen molar-refractivity contribution in [3.05, 3.63) is 40.8 Å². The van der Waals surface area contributed by atoms with Crippen molar-refractivity contribution in [3.63, 3.8) is 0 Å². The van der Waals surface area contributed by atoms with E-state index in [1.807, 2.05) is 18.2 Å². The summed E-state index contributed by atoms with van der Waals surface area (Å²) in [5.41, 5.74) is 19.9. The van der Waals surface area contributed by atoms with Gasteiger partial charge < -0.3 is 22.5 Å². The van der Waals surface area contributed by atoms with Gasteiger partial charge in [0, 0.05) is 17.7 Å². The smallest absolute Gasteiger partial charge is 0.122 e. The molecule has 0 aromatic heterocycles. The highest BCUT2D eigenvalue weighted by Crippen LogP contribution is 2.28. The second-order valence-electron chi connectivity index (χ2n) is 3.52. The largest absolute Gasteiger partial charge is 0.384 e. The van der Waals surface area contributed by atoms with Crippen LogP contribution in [0, 0.1) is 5.41 Å². The van der Waals surface area contributed by atoms with E-state index in [9.17, 15) is 0 Å². The summed E-state index contributed by atoms with van der Waals surface area (Å²) < 4.78 is 0. The summed E-state index contributed by atoms with van der Waals surface area (Å²) in [6.07, 6.45) is 0.704. The summed E-state index contributed by atoms with van der Waals surface area (Å²) in [7, 11) is 0. The van der Waals surface area contributed by atoms with Crippen molar-refractivity contribution < 1.29 is 0 Å². The van der Waals surface area contributed by atoms with Gasteiger partial charge in [-0.05, 0) is 11.6 Å². The van der Waals surface area contributed by atoms with Crippen LogP contribution >= 0.6 is 0 Å². The first-order valence-electron chi connectivity index (χ1n) is 4.56. The van der Waals surface area contributed by atoms with E-state index in [1.54, 1.807) is 0 Å². The van der Waals surface area contributed by atoms with Crippen LogP contribution < -0.4 is 22.5 Å². The third-order valence-corrected chi connectivity index (χ3v) is 2.42. The highest BCUT2D eigenvalue weighted by atomic mass is 15.0. The first kappa shape index (κ1) is 9.39. The molecule has 8 N–H and O–H groups in total. The number of benzene rings is 1. The van der Waals surface area contributed by atoms with Crippen LogP contribution in [0.3, 0.4) is 0 Å². The molecule has 2 rings (SSSR count). The predicted octanol–water partition coefficient (Wildman–Crippen LogP) is 0.0252. The third kappa shape index (κ3) is 1.59. The lowest BCUT2D eigenvalue weighted by Gasteiger charge is -2.03. The Morgan fingerprint density at radius 3 is 2.60 bits per heavy atom. The number of nitrogens with two attached hydrogens (primary N) is 3. The van der Waals surface area contributed by atoms with Gasteiger partial charge in [-0.15, -0.1) is 0 Å². The summed E-state index contributed by atoms with van der Waals surface area (Å²) >= 11 is 0. The van der Waals surface area contributed by atoms with Crippen LogP contribution in [0.2, 0.25) is 0 Å². The normalized spacial score (nSPS) is 13.2. The van der Waals surface area contributed by atoms with Crippen molar-refractivity contribution in [3.8, 4) is 0 Å². The molecular formula is C10H13N5. The number of allylic oxidation sites excluding steroid dienone is 1. The minimum Gasteiger partial charge on any atom is -0.384 e. The number of rotatable bonds is 1. The van der Waals surface area contributed by atoms with Crippen LogP contribution in [0.1, 0.15) is 11.1 Å². The van der Waals surface area contributed by atoms with E-state index in [2.05, 4.69) is 5.32 Å². The van der Waals surface area contributed by atoms with E-state index in [0.717, 1.165) is 16.9 Å². The number of hydrogen-bond acceptors (Lipinski definition) is 4. The van der Waals surface area contributed by atoms with Crippen LogP contribution in [0.5, 0.6) is 0 Å². The van der Waals surface area contributed by atoms with E-state index < -0.39 is 0 Å². The molecular weight excluding hydrogens is 190 g/mol. The zero-order valence-corrected chi connectivity index (χ0v) is 8.17. The Kier molecular flexibility index (Phi) is 2.00. The summed E-state index contributed by atoms with van der Waals surface area (Å²) in [6, 6.07) is 5.57. The molecule has 0 fully saturated rings. The molecule has 1 aromatic rings.